The molecule has 0 amide bonds. The lowest BCUT2D eigenvalue weighted by molar-refractivity contribution is 0.0600. The molecule has 1 aromatic heterocycles. The van der Waals surface area contributed by atoms with Crippen molar-refractivity contribution in [3.05, 3.63) is 87.8 Å². The first-order valence-corrected chi connectivity index (χ1v) is 11.9. The van der Waals surface area contributed by atoms with Gasteiger partial charge in [-0.25, -0.2) is 4.79 Å². The predicted octanol–water partition coefficient (Wildman–Crippen LogP) is 5.55. The first-order valence-electron chi connectivity index (χ1n) is 11.9. The third kappa shape index (κ3) is 4.64. The number of esters is 1. The van der Waals surface area contributed by atoms with Crippen molar-refractivity contribution in [1.29, 1.82) is 0 Å². The molecular formula is C29H26O7. The van der Waals surface area contributed by atoms with Crippen molar-refractivity contribution >= 4 is 16.9 Å². The minimum atomic E-state index is -0.383. The Hall–Kier alpha value is -4.26. The second-order valence-electron chi connectivity index (χ2n) is 8.48. The van der Waals surface area contributed by atoms with Crippen LogP contribution in [0, 0.1) is 0 Å². The average Bonchev–Trinajstić information content (AvgIpc) is 3.16. The number of ether oxygens (including phenoxy) is 4. The number of carbonyl (C=O) groups is 1. The van der Waals surface area contributed by atoms with Gasteiger partial charge in [0.1, 0.15) is 24.2 Å². The Bertz CT molecular complexity index is 1470. The van der Waals surface area contributed by atoms with Crippen molar-refractivity contribution in [2.45, 2.75) is 26.4 Å². The molecule has 36 heavy (non-hydrogen) atoms. The molecule has 1 aliphatic rings. The monoisotopic (exact) mass is 486 g/mol. The Morgan fingerprint density at radius 1 is 0.972 bits per heavy atom. The van der Waals surface area contributed by atoms with Crippen LogP contribution in [0.3, 0.4) is 0 Å². The Morgan fingerprint density at radius 3 is 2.50 bits per heavy atom. The van der Waals surface area contributed by atoms with E-state index in [4.69, 9.17) is 23.4 Å². The van der Waals surface area contributed by atoms with Crippen molar-refractivity contribution in [3.8, 4) is 28.4 Å². The van der Waals surface area contributed by atoms with Gasteiger partial charge in [0.05, 0.1) is 36.8 Å². The molecule has 0 fully saturated rings. The van der Waals surface area contributed by atoms with Crippen molar-refractivity contribution in [1.82, 2.24) is 0 Å². The van der Waals surface area contributed by atoms with Gasteiger partial charge in [0.2, 0.25) is 5.43 Å². The van der Waals surface area contributed by atoms with Gasteiger partial charge >= 0.3 is 5.97 Å². The molecule has 0 aliphatic carbocycles. The summed E-state index contributed by atoms with van der Waals surface area (Å²) in [5.74, 6) is 1.57. The molecule has 5 rings (SSSR count). The first kappa shape index (κ1) is 23.5. The van der Waals surface area contributed by atoms with E-state index in [1.165, 1.54) is 13.4 Å². The molecule has 7 nitrogen and oxygen atoms in total. The maximum absolute atomic E-state index is 13.4. The van der Waals surface area contributed by atoms with E-state index in [-0.39, 0.29) is 11.4 Å². The molecule has 3 aromatic carbocycles. The van der Waals surface area contributed by atoms with E-state index in [1.807, 2.05) is 43.3 Å². The van der Waals surface area contributed by atoms with E-state index in [9.17, 15) is 9.59 Å². The molecule has 184 valence electrons. The van der Waals surface area contributed by atoms with Gasteiger partial charge in [-0.3, -0.25) is 4.79 Å². The third-order valence-electron chi connectivity index (χ3n) is 6.16. The minimum Gasteiger partial charge on any atom is -0.490 e. The van der Waals surface area contributed by atoms with E-state index in [1.54, 1.807) is 18.2 Å². The van der Waals surface area contributed by atoms with Crippen molar-refractivity contribution in [2.24, 2.45) is 0 Å². The molecular weight excluding hydrogens is 460 g/mol. The number of carbonyl (C=O) groups excluding carboxylic acids is 1. The van der Waals surface area contributed by atoms with Gasteiger partial charge < -0.3 is 23.4 Å². The van der Waals surface area contributed by atoms with E-state index in [0.717, 1.165) is 17.5 Å². The Morgan fingerprint density at radius 2 is 1.75 bits per heavy atom. The molecule has 0 N–H and O–H groups in total. The number of fused-ring (bicyclic) bond motifs is 2. The van der Waals surface area contributed by atoms with Gasteiger partial charge in [-0.2, -0.15) is 0 Å². The van der Waals surface area contributed by atoms with Crippen molar-refractivity contribution < 1.29 is 28.2 Å². The highest BCUT2D eigenvalue weighted by molar-refractivity contribution is 5.89. The molecule has 0 unspecified atom stereocenters. The zero-order valence-electron chi connectivity index (χ0n) is 20.2. The Kier molecular flexibility index (Phi) is 6.62. The highest BCUT2D eigenvalue weighted by atomic mass is 16.5. The van der Waals surface area contributed by atoms with E-state index >= 15 is 0 Å². The minimum absolute atomic E-state index is 0.120. The lowest BCUT2D eigenvalue weighted by Gasteiger charge is -2.13. The van der Waals surface area contributed by atoms with Crippen molar-refractivity contribution in [2.75, 3.05) is 20.3 Å². The van der Waals surface area contributed by atoms with E-state index in [0.29, 0.717) is 71.1 Å². The summed E-state index contributed by atoms with van der Waals surface area (Å²) < 4.78 is 28.2. The lowest BCUT2D eigenvalue weighted by Crippen LogP contribution is -2.07. The SMILES string of the molecule is CCc1cc2c(=O)c(-c3ccc4c(c3)OCCCO4)coc2cc1OCc1ccc(C(=O)OC)cc1. The predicted molar refractivity (Wildman–Crippen MR) is 135 cm³/mol. The summed E-state index contributed by atoms with van der Waals surface area (Å²) in [6.45, 7) is 3.49. The molecule has 7 heteroatoms. The fraction of sp³-hybridized carbons (Fsp3) is 0.241. The smallest absolute Gasteiger partial charge is 0.337 e. The van der Waals surface area contributed by atoms with E-state index < -0.39 is 0 Å². The average molecular weight is 487 g/mol. The van der Waals surface area contributed by atoms with Crippen LogP contribution in [-0.4, -0.2) is 26.3 Å². The molecule has 0 saturated carbocycles. The van der Waals surface area contributed by atoms with Crippen LogP contribution < -0.4 is 19.6 Å². The highest BCUT2D eigenvalue weighted by Gasteiger charge is 2.16. The van der Waals surface area contributed by atoms with Gasteiger partial charge in [-0.05, 0) is 53.4 Å². The second-order valence-corrected chi connectivity index (χ2v) is 8.48. The van der Waals surface area contributed by atoms with Crippen LogP contribution in [0.5, 0.6) is 17.2 Å². The van der Waals surface area contributed by atoms with Crippen LogP contribution in [-0.2, 0) is 17.8 Å². The fourth-order valence-electron chi connectivity index (χ4n) is 4.16. The summed E-state index contributed by atoms with van der Waals surface area (Å²) in [4.78, 5) is 25.1. The summed E-state index contributed by atoms with van der Waals surface area (Å²) in [5.41, 5.74) is 3.78. The van der Waals surface area contributed by atoms with Gasteiger partial charge in [-0.1, -0.05) is 25.1 Å². The van der Waals surface area contributed by atoms with Crippen LogP contribution in [0.25, 0.3) is 22.1 Å². The maximum Gasteiger partial charge on any atom is 0.337 e. The molecule has 1 aliphatic heterocycles. The number of aryl methyl sites for hydroxylation is 1. The number of rotatable bonds is 6. The number of benzene rings is 3. The summed E-state index contributed by atoms with van der Waals surface area (Å²) >= 11 is 0. The fourth-order valence-corrected chi connectivity index (χ4v) is 4.16. The largest absolute Gasteiger partial charge is 0.490 e. The van der Waals surface area contributed by atoms with Crippen LogP contribution in [0.4, 0.5) is 0 Å². The van der Waals surface area contributed by atoms with Crippen LogP contribution >= 0.6 is 0 Å². The summed E-state index contributed by atoms with van der Waals surface area (Å²) in [7, 11) is 1.35. The standard InChI is InChI=1S/C29H26O7/c1-3-19-13-22-26(15-25(19)35-16-18-5-7-20(8-6-18)29(31)32-2)36-17-23(28(22)30)21-9-10-24-27(14-21)34-12-4-11-33-24/h5-10,13-15,17H,3-4,11-12,16H2,1-2H3. The van der Waals surface area contributed by atoms with Gasteiger partial charge in [0.25, 0.3) is 0 Å². The van der Waals surface area contributed by atoms with Crippen molar-refractivity contribution in [3.63, 3.8) is 0 Å². The molecule has 0 spiro atoms. The number of methoxy groups -OCH3 is 1. The Balaban J connectivity index is 1.43. The highest BCUT2D eigenvalue weighted by Crippen LogP contribution is 2.34. The zero-order chi connectivity index (χ0) is 25.1. The van der Waals surface area contributed by atoms with Gasteiger partial charge in [0, 0.05) is 12.5 Å². The molecule has 4 aromatic rings. The van der Waals surface area contributed by atoms with Gasteiger partial charge in [-0.15, -0.1) is 0 Å². The third-order valence-corrected chi connectivity index (χ3v) is 6.16. The summed E-state index contributed by atoms with van der Waals surface area (Å²) in [5, 5.41) is 0.492. The molecule has 0 saturated heterocycles. The molecule has 0 bridgehead atoms. The topological polar surface area (TPSA) is 84.2 Å². The zero-order valence-corrected chi connectivity index (χ0v) is 20.2. The lowest BCUT2D eigenvalue weighted by atomic mass is 10.0. The second kappa shape index (κ2) is 10.2. The van der Waals surface area contributed by atoms with Crippen LogP contribution in [0.1, 0.15) is 34.8 Å². The summed E-state index contributed by atoms with van der Waals surface area (Å²) in [6.07, 6.45) is 2.97. The van der Waals surface area contributed by atoms with E-state index in [2.05, 4.69) is 0 Å². The molecule has 0 radical (unpaired) electrons. The number of hydrogen-bond acceptors (Lipinski definition) is 7. The molecule has 2 heterocycles. The quantitative estimate of drug-likeness (QED) is 0.330. The van der Waals surface area contributed by atoms with Crippen LogP contribution in [0.2, 0.25) is 0 Å². The normalized spacial score (nSPS) is 12.7. The van der Waals surface area contributed by atoms with Crippen LogP contribution in [0.15, 0.2) is 70.1 Å². The maximum atomic E-state index is 13.4. The number of hydrogen-bond donors (Lipinski definition) is 0. The first-order chi connectivity index (χ1) is 17.6. The van der Waals surface area contributed by atoms with Gasteiger partial charge in [0.15, 0.2) is 11.5 Å². The Labute approximate surface area is 208 Å². The molecule has 0 atom stereocenters. The summed E-state index contributed by atoms with van der Waals surface area (Å²) in [6, 6.07) is 16.1.